The lowest BCUT2D eigenvalue weighted by atomic mass is 10.1. The number of carboxylic acid groups (broad SMARTS) is 1. The molecule has 1 heterocycles. The maximum Gasteiger partial charge on any atom is 0.326 e. The summed E-state index contributed by atoms with van der Waals surface area (Å²) in [6, 6.07) is 10.7. The van der Waals surface area contributed by atoms with Crippen molar-refractivity contribution in [3.05, 3.63) is 64.9 Å². The molecule has 2 aromatic rings. The van der Waals surface area contributed by atoms with Gasteiger partial charge >= 0.3 is 6.03 Å². The van der Waals surface area contributed by atoms with Crippen LogP contribution in [0.1, 0.15) is 28.4 Å². The van der Waals surface area contributed by atoms with Crippen LogP contribution in [0.5, 0.6) is 11.5 Å². The molecule has 0 spiro atoms. The number of benzene rings is 2. The molecule has 1 saturated heterocycles. The minimum absolute atomic E-state index is 0.0965. The lowest BCUT2D eigenvalue weighted by Gasteiger charge is -2.13. The predicted molar refractivity (Wildman–Crippen MR) is 97.4 cm³/mol. The molecule has 1 aliphatic heterocycles. The van der Waals surface area contributed by atoms with Crippen molar-refractivity contribution >= 4 is 24.0 Å². The van der Waals surface area contributed by atoms with Crippen molar-refractivity contribution in [2.45, 2.75) is 13.5 Å². The zero-order valence-electron chi connectivity index (χ0n) is 15.0. The van der Waals surface area contributed by atoms with Crippen molar-refractivity contribution in [1.82, 2.24) is 10.6 Å². The van der Waals surface area contributed by atoms with Crippen LogP contribution in [0.15, 0.2) is 48.2 Å². The van der Waals surface area contributed by atoms with Crippen molar-refractivity contribution in [2.24, 2.45) is 0 Å². The maximum absolute atomic E-state index is 11.6. The molecule has 0 unspecified atom stereocenters. The van der Waals surface area contributed by atoms with E-state index in [0.29, 0.717) is 23.7 Å². The van der Waals surface area contributed by atoms with Gasteiger partial charge in [0, 0.05) is 0 Å². The van der Waals surface area contributed by atoms with Gasteiger partial charge in [0.2, 0.25) is 0 Å². The number of imide groups is 1. The number of rotatable bonds is 7. The Kier molecular flexibility index (Phi) is 5.59. The second-order valence-electron chi connectivity index (χ2n) is 5.88. The Morgan fingerprint density at radius 2 is 1.79 bits per heavy atom. The Morgan fingerprint density at radius 1 is 1.04 bits per heavy atom. The first-order chi connectivity index (χ1) is 13.5. The third-order valence-corrected chi connectivity index (χ3v) is 3.88. The van der Waals surface area contributed by atoms with Gasteiger partial charge < -0.3 is 24.7 Å². The van der Waals surface area contributed by atoms with Gasteiger partial charge in [0.1, 0.15) is 12.3 Å². The summed E-state index contributed by atoms with van der Waals surface area (Å²) in [5.74, 6) is -0.757. The fraction of sp³-hybridized carbons (Fsp3) is 0.150. The molecular weight excluding hydrogens is 364 g/mol. The lowest BCUT2D eigenvalue weighted by molar-refractivity contribution is -0.255. The van der Waals surface area contributed by atoms with E-state index in [0.717, 1.165) is 5.56 Å². The smallest absolute Gasteiger partial charge is 0.326 e. The Bertz CT molecular complexity index is 950. The molecule has 3 amide bonds. The largest absolute Gasteiger partial charge is 0.545 e. The second-order valence-corrected chi connectivity index (χ2v) is 5.88. The molecule has 0 bridgehead atoms. The van der Waals surface area contributed by atoms with E-state index in [1.807, 2.05) is 6.92 Å². The third-order valence-electron chi connectivity index (χ3n) is 3.88. The summed E-state index contributed by atoms with van der Waals surface area (Å²) in [6.45, 7) is 2.46. The Labute approximate surface area is 160 Å². The topological polar surface area (TPSA) is 117 Å². The molecule has 0 aromatic heterocycles. The Balaban J connectivity index is 1.75. The van der Waals surface area contributed by atoms with E-state index in [1.165, 1.54) is 18.2 Å². The molecule has 0 radical (unpaired) electrons. The van der Waals surface area contributed by atoms with Gasteiger partial charge in [-0.2, -0.15) is 0 Å². The highest BCUT2D eigenvalue weighted by Crippen LogP contribution is 2.30. The number of amides is 3. The van der Waals surface area contributed by atoms with Gasteiger partial charge in [0.15, 0.2) is 11.5 Å². The van der Waals surface area contributed by atoms with Crippen LogP contribution in [0.4, 0.5) is 4.79 Å². The Morgan fingerprint density at radius 3 is 2.39 bits per heavy atom. The molecule has 144 valence electrons. The summed E-state index contributed by atoms with van der Waals surface area (Å²) in [7, 11) is 0. The van der Waals surface area contributed by atoms with Crippen molar-refractivity contribution in [3.8, 4) is 11.5 Å². The lowest BCUT2D eigenvalue weighted by Crippen LogP contribution is -2.22. The zero-order chi connectivity index (χ0) is 20.1. The fourth-order valence-electron chi connectivity index (χ4n) is 2.55. The van der Waals surface area contributed by atoms with Gasteiger partial charge in [0.05, 0.1) is 12.6 Å². The van der Waals surface area contributed by atoms with Gasteiger partial charge in [-0.15, -0.1) is 0 Å². The molecule has 0 saturated carbocycles. The molecule has 8 heteroatoms. The van der Waals surface area contributed by atoms with Crippen LogP contribution in [0.25, 0.3) is 6.08 Å². The molecule has 0 atom stereocenters. The van der Waals surface area contributed by atoms with Crippen molar-refractivity contribution in [2.75, 3.05) is 6.61 Å². The van der Waals surface area contributed by atoms with Crippen LogP contribution < -0.4 is 25.2 Å². The molecule has 2 N–H and O–H groups in total. The summed E-state index contributed by atoms with van der Waals surface area (Å²) < 4.78 is 11.4. The summed E-state index contributed by atoms with van der Waals surface area (Å²) in [5.41, 5.74) is 1.68. The van der Waals surface area contributed by atoms with Crippen molar-refractivity contribution < 1.29 is 29.0 Å². The number of hydrogen-bond donors (Lipinski definition) is 2. The van der Waals surface area contributed by atoms with E-state index >= 15 is 0 Å². The average molecular weight is 381 g/mol. The van der Waals surface area contributed by atoms with E-state index < -0.39 is 17.9 Å². The molecule has 0 aliphatic carbocycles. The highest BCUT2D eigenvalue weighted by atomic mass is 16.5. The third kappa shape index (κ3) is 4.47. The summed E-state index contributed by atoms with van der Waals surface area (Å²) in [6.07, 6.45) is 1.53. The van der Waals surface area contributed by atoms with E-state index in [1.54, 1.807) is 30.3 Å². The number of carboxylic acids is 1. The first-order valence-electron chi connectivity index (χ1n) is 8.50. The first-order valence-corrected chi connectivity index (χ1v) is 8.50. The summed E-state index contributed by atoms with van der Waals surface area (Å²) >= 11 is 0. The number of urea groups is 1. The van der Waals surface area contributed by atoms with Crippen molar-refractivity contribution in [1.29, 1.82) is 0 Å². The minimum Gasteiger partial charge on any atom is -0.545 e. The van der Waals surface area contributed by atoms with Crippen LogP contribution in [-0.4, -0.2) is 24.5 Å². The first kappa shape index (κ1) is 19.0. The minimum atomic E-state index is -1.23. The van der Waals surface area contributed by atoms with Crippen molar-refractivity contribution in [3.63, 3.8) is 0 Å². The van der Waals surface area contributed by atoms with E-state index in [2.05, 4.69) is 10.6 Å². The molecule has 1 fully saturated rings. The van der Waals surface area contributed by atoms with Crippen LogP contribution in [0.2, 0.25) is 0 Å². The number of carbonyl (C=O) groups excluding carboxylic acids is 3. The number of ether oxygens (including phenoxy) is 2. The average Bonchev–Trinajstić information content (AvgIpc) is 2.98. The number of hydrogen-bond acceptors (Lipinski definition) is 6. The van der Waals surface area contributed by atoms with Crippen LogP contribution >= 0.6 is 0 Å². The SMILES string of the molecule is CCOc1cc(/C=C2\NC(=O)NC2=O)ccc1OCc1ccc(C(=O)[O-])cc1. The van der Waals surface area contributed by atoms with E-state index in [9.17, 15) is 19.5 Å². The number of carbonyl (C=O) groups is 3. The van der Waals surface area contributed by atoms with Crippen LogP contribution in [0, 0.1) is 0 Å². The monoisotopic (exact) mass is 381 g/mol. The Hall–Kier alpha value is -3.81. The summed E-state index contributed by atoms with van der Waals surface area (Å²) in [4.78, 5) is 33.6. The van der Waals surface area contributed by atoms with Crippen LogP contribution in [0.3, 0.4) is 0 Å². The molecule has 1 aliphatic rings. The molecule has 8 nitrogen and oxygen atoms in total. The zero-order valence-corrected chi connectivity index (χ0v) is 15.0. The quantitative estimate of drug-likeness (QED) is 0.550. The number of aromatic carboxylic acids is 1. The molecular formula is C20H17N2O6-. The number of nitrogens with one attached hydrogen (secondary N) is 2. The maximum atomic E-state index is 11.6. The van der Waals surface area contributed by atoms with Gasteiger partial charge in [0.25, 0.3) is 5.91 Å². The molecule has 3 rings (SSSR count). The highest BCUT2D eigenvalue weighted by Gasteiger charge is 2.22. The second kappa shape index (κ2) is 8.26. The van der Waals surface area contributed by atoms with Gasteiger partial charge in [-0.25, -0.2) is 4.79 Å². The predicted octanol–water partition coefficient (Wildman–Crippen LogP) is 1.21. The highest BCUT2D eigenvalue weighted by molar-refractivity contribution is 6.14. The summed E-state index contributed by atoms with van der Waals surface area (Å²) in [5, 5.41) is 15.3. The standard InChI is InChI=1S/C20H18N2O6/c1-2-27-17-10-13(9-15-18(23)22-20(26)21-15)5-8-16(17)28-11-12-3-6-14(7-4-12)19(24)25/h3-10H,2,11H2,1H3,(H,24,25)(H2,21,22,23,26)/p-1/b15-9-. The van der Waals surface area contributed by atoms with E-state index in [-0.39, 0.29) is 17.9 Å². The van der Waals surface area contributed by atoms with Gasteiger partial charge in [-0.05, 0) is 41.8 Å². The van der Waals surface area contributed by atoms with Gasteiger partial charge in [-0.3, -0.25) is 10.1 Å². The molecule has 2 aromatic carbocycles. The normalized spacial score (nSPS) is 14.5. The molecule has 28 heavy (non-hydrogen) atoms. The van der Waals surface area contributed by atoms with Crippen LogP contribution in [-0.2, 0) is 11.4 Å². The van der Waals surface area contributed by atoms with E-state index in [4.69, 9.17) is 9.47 Å². The van der Waals surface area contributed by atoms with Gasteiger partial charge in [-0.1, -0.05) is 30.3 Å². The fourth-order valence-corrected chi connectivity index (χ4v) is 2.55.